The molecule has 8 nitrogen and oxygen atoms in total. The van der Waals surface area contributed by atoms with E-state index >= 15 is 0 Å². The fourth-order valence-electron chi connectivity index (χ4n) is 4.49. The monoisotopic (exact) mass is 489 g/mol. The summed E-state index contributed by atoms with van der Waals surface area (Å²) in [6.45, 7) is 3.37. The van der Waals surface area contributed by atoms with Crippen LogP contribution in [0.25, 0.3) is 28.0 Å². The van der Waals surface area contributed by atoms with Gasteiger partial charge in [-0.1, -0.05) is 48.5 Å². The third-order valence-electron chi connectivity index (χ3n) is 6.26. The molecule has 0 radical (unpaired) electrons. The maximum Gasteiger partial charge on any atom is 0.243 e. The van der Waals surface area contributed by atoms with Crippen molar-refractivity contribution in [3.05, 3.63) is 108 Å². The molecule has 1 atom stereocenters. The summed E-state index contributed by atoms with van der Waals surface area (Å²) in [6.07, 6.45) is -0.763. The number of phenolic OH excluding ortho intramolecular Hbond substituents is 1. The van der Waals surface area contributed by atoms with Gasteiger partial charge in [0.15, 0.2) is 5.65 Å². The lowest BCUT2D eigenvalue weighted by Gasteiger charge is -2.19. The Labute approximate surface area is 213 Å². The Morgan fingerprint density at radius 3 is 2.30 bits per heavy atom. The van der Waals surface area contributed by atoms with Gasteiger partial charge in [0, 0.05) is 18.1 Å². The van der Waals surface area contributed by atoms with Crippen molar-refractivity contribution in [3.63, 3.8) is 0 Å². The number of carbonyl (C=O) groups excluding carboxylic acids is 1. The van der Waals surface area contributed by atoms with Gasteiger partial charge in [-0.2, -0.15) is 10.1 Å². The van der Waals surface area contributed by atoms with Gasteiger partial charge in [0.1, 0.15) is 5.75 Å². The third kappa shape index (κ3) is 3.98. The molecule has 0 spiro atoms. The van der Waals surface area contributed by atoms with Gasteiger partial charge in [-0.05, 0) is 49.4 Å². The highest BCUT2D eigenvalue weighted by molar-refractivity contribution is 6.08. The number of aromatic nitrogens is 3. The molecule has 1 aliphatic rings. The summed E-state index contributed by atoms with van der Waals surface area (Å²) in [5.74, 6) is 0.163. The Hall–Kier alpha value is -4.98. The number of hydrogen-bond acceptors (Lipinski definition) is 6. The Morgan fingerprint density at radius 1 is 0.946 bits per heavy atom. The van der Waals surface area contributed by atoms with Crippen LogP contribution in [0.2, 0.25) is 0 Å². The van der Waals surface area contributed by atoms with Gasteiger partial charge in [-0.25, -0.2) is 9.67 Å². The van der Waals surface area contributed by atoms with Gasteiger partial charge in [0.25, 0.3) is 0 Å². The third-order valence-corrected chi connectivity index (χ3v) is 6.26. The van der Waals surface area contributed by atoms with E-state index in [1.54, 1.807) is 24.3 Å². The quantitative estimate of drug-likeness (QED) is 0.368. The van der Waals surface area contributed by atoms with E-state index in [0.29, 0.717) is 22.7 Å². The number of hydrazone groups is 1. The fraction of sp³-hybridized carbons (Fsp3) is 0.103. The van der Waals surface area contributed by atoms with Crippen LogP contribution in [0, 0.1) is 6.92 Å². The number of para-hydroxylation sites is 1. The van der Waals surface area contributed by atoms with E-state index in [0.717, 1.165) is 28.0 Å². The number of benzene rings is 3. The lowest BCUT2D eigenvalue weighted by molar-refractivity contribution is -0.135. The summed E-state index contributed by atoms with van der Waals surface area (Å²) in [5, 5.41) is 21.2. The second-order valence-electron chi connectivity index (χ2n) is 8.78. The van der Waals surface area contributed by atoms with Crippen molar-refractivity contribution in [2.75, 3.05) is 0 Å². The summed E-state index contributed by atoms with van der Waals surface area (Å²) in [5.41, 5.74) is 5.35. The number of nitrogens with zero attached hydrogens (tertiary/aromatic N) is 5. The molecule has 0 saturated carbocycles. The average molecular weight is 490 g/mol. The molecular weight excluding hydrogens is 466 g/mol. The number of ether oxygens (including phenoxy) is 1. The van der Waals surface area contributed by atoms with Gasteiger partial charge in [-0.3, -0.25) is 4.79 Å². The van der Waals surface area contributed by atoms with E-state index in [-0.39, 0.29) is 11.7 Å². The van der Waals surface area contributed by atoms with Crippen LogP contribution in [-0.4, -0.2) is 36.7 Å². The zero-order valence-corrected chi connectivity index (χ0v) is 20.2. The number of hydrogen-bond donors (Lipinski definition) is 1. The van der Waals surface area contributed by atoms with Crippen molar-refractivity contribution < 1.29 is 14.6 Å². The molecule has 8 heteroatoms. The topological polar surface area (TPSA) is 92.8 Å². The first-order valence-corrected chi connectivity index (χ1v) is 11.8. The van der Waals surface area contributed by atoms with Gasteiger partial charge in [0.2, 0.25) is 18.0 Å². The first-order chi connectivity index (χ1) is 18.0. The van der Waals surface area contributed by atoms with E-state index in [1.165, 1.54) is 11.9 Å². The second kappa shape index (κ2) is 8.91. The van der Waals surface area contributed by atoms with Crippen LogP contribution in [0.3, 0.4) is 0 Å². The van der Waals surface area contributed by atoms with E-state index in [2.05, 4.69) is 5.10 Å². The van der Waals surface area contributed by atoms with Crippen LogP contribution in [0.1, 0.15) is 30.0 Å². The maximum absolute atomic E-state index is 12.5. The van der Waals surface area contributed by atoms with Crippen molar-refractivity contribution in [2.24, 2.45) is 5.10 Å². The Bertz CT molecular complexity index is 1640. The van der Waals surface area contributed by atoms with Crippen molar-refractivity contribution in [2.45, 2.75) is 20.1 Å². The molecule has 3 aromatic carbocycles. The zero-order valence-electron chi connectivity index (χ0n) is 20.2. The Balaban J connectivity index is 1.56. The molecule has 1 aliphatic heterocycles. The molecule has 5 aromatic rings. The minimum absolute atomic E-state index is 0.129. The predicted molar refractivity (Wildman–Crippen MR) is 140 cm³/mol. The minimum atomic E-state index is -0.763. The minimum Gasteiger partial charge on any atom is -0.508 e. The van der Waals surface area contributed by atoms with E-state index in [9.17, 15) is 9.90 Å². The summed E-state index contributed by atoms with van der Waals surface area (Å²) < 4.78 is 8.14. The molecule has 0 saturated heterocycles. The molecule has 6 rings (SSSR count). The van der Waals surface area contributed by atoms with Crippen molar-refractivity contribution in [3.8, 4) is 22.7 Å². The molecular formula is C29H23N5O3. The van der Waals surface area contributed by atoms with Crippen LogP contribution >= 0.6 is 0 Å². The first kappa shape index (κ1) is 22.5. The number of amides is 1. The number of pyridine rings is 1. The second-order valence-corrected chi connectivity index (χ2v) is 8.78. The molecule has 3 heterocycles. The van der Waals surface area contributed by atoms with Crippen LogP contribution in [0.5, 0.6) is 5.75 Å². The highest BCUT2D eigenvalue weighted by atomic mass is 16.5. The summed E-state index contributed by atoms with van der Waals surface area (Å²) in [6, 6.07) is 28.2. The van der Waals surface area contributed by atoms with E-state index in [4.69, 9.17) is 14.8 Å². The molecule has 0 aliphatic carbocycles. The molecule has 0 bridgehead atoms. The van der Waals surface area contributed by atoms with Gasteiger partial charge in [-0.15, -0.1) is 5.10 Å². The lowest BCUT2D eigenvalue weighted by atomic mass is 10.1. The predicted octanol–water partition coefficient (Wildman–Crippen LogP) is 5.34. The number of aryl methyl sites for hydroxylation is 1. The number of fused-ring (bicyclic) bond motifs is 1. The number of aromatic hydroxyl groups is 1. The standard InChI is InChI=1S/C29H23N5O3/c1-18-26-24(28-32-33(19(2)35)29(37-28)21-13-15-23(36)16-14-21)17-25(20-9-5-3-6-10-20)30-27(26)34(31-18)22-11-7-4-8-12-22/h3-17,29,36H,1-2H3. The van der Waals surface area contributed by atoms with Gasteiger partial charge in [0.05, 0.1) is 28.0 Å². The summed E-state index contributed by atoms with van der Waals surface area (Å²) in [7, 11) is 0. The van der Waals surface area contributed by atoms with Crippen molar-refractivity contribution in [1.82, 2.24) is 19.8 Å². The van der Waals surface area contributed by atoms with Crippen LogP contribution in [0.4, 0.5) is 0 Å². The van der Waals surface area contributed by atoms with Crippen molar-refractivity contribution in [1.29, 1.82) is 0 Å². The van der Waals surface area contributed by atoms with Crippen LogP contribution in [0.15, 0.2) is 96.1 Å². The van der Waals surface area contributed by atoms with Gasteiger partial charge < -0.3 is 9.84 Å². The smallest absolute Gasteiger partial charge is 0.243 e. The molecule has 37 heavy (non-hydrogen) atoms. The SMILES string of the molecule is CC(=O)N1N=C(c2cc(-c3ccccc3)nc3c2c(C)nn3-c2ccccc2)OC1c1ccc(O)cc1. The fourth-order valence-corrected chi connectivity index (χ4v) is 4.49. The number of rotatable bonds is 4. The molecule has 1 amide bonds. The molecule has 2 aromatic heterocycles. The largest absolute Gasteiger partial charge is 0.508 e. The molecule has 1 N–H and O–H groups in total. The normalized spacial score (nSPS) is 15.0. The highest BCUT2D eigenvalue weighted by Crippen LogP contribution is 2.35. The first-order valence-electron chi connectivity index (χ1n) is 11.8. The van der Waals surface area contributed by atoms with Gasteiger partial charge >= 0.3 is 0 Å². The maximum atomic E-state index is 12.5. The van der Waals surface area contributed by atoms with Crippen molar-refractivity contribution >= 4 is 22.8 Å². The van der Waals surface area contributed by atoms with E-state index < -0.39 is 6.23 Å². The number of carbonyl (C=O) groups is 1. The molecule has 182 valence electrons. The zero-order chi connectivity index (χ0) is 25.5. The highest BCUT2D eigenvalue weighted by Gasteiger charge is 2.35. The van der Waals surface area contributed by atoms with Crippen LogP contribution in [-0.2, 0) is 9.53 Å². The Kier molecular flexibility index (Phi) is 5.41. The molecule has 0 fully saturated rings. The van der Waals surface area contributed by atoms with E-state index in [1.807, 2.05) is 78.3 Å². The average Bonchev–Trinajstić information content (AvgIpc) is 3.52. The summed E-state index contributed by atoms with van der Waals surface area (Å²) >= 11 is 0. The van der Waals surface area contributed by atoms with Crippen LogP contribution < -0.4 is 0 Å². The Morgan fingerprint density at radius 2 is 1.62 bits per heavy atom. The number of phenols is 1. The molecule has 1 unspecified atom stereocenters. The lowest BCUT2D eigenvalue weighted by Crippen LogP contribution is -2.25. The summed E-state index contributed by atoms with van der Waals surface area (Å²) in [4.78, 5) is 17.5.